The van der Waals surface area contributed by atoms with Crippen LogP contribution in [0.15, 0.2) is 5.38 Å². The fourth-order valence-electron chi connectivity index (χ4n) is 0.938. The first-order valence-electron chi connectivity index (χ1n) is 4.68. The zero-order valence-electron chi connectivity index (χ0n) is 9.07. The highest BCUT2D eigenvalue weighted by Gasteiger charge is 2.37. The summed E-state index contributed by atoms with van der Waals surface area (Å²) in [5.74, 6) is -1.33. The van der Waals surface area contributed by atoms with Crippen LogP contribution in [0.3, 0.4) is 0 Å². The molecule has 0 N–H and O–H groups in total. The molecule has 1 rings (SSSR count). The molecule has 0 saturated carbocycles. The van der Waals surface area contributed by atoms with E-state index in [0.717, 1.165) is 0 Å². The highest BCUT2D eigenvalue weighted by atomic mass is 32.1. The maximum absolute atomic E-state index is 13.1. The van der Waals surface area contributed by atoms with Gasteiger partial charge in [0.15, 0.2) is 0 Å². The van der Waals surface area contributed by atoms with Crippen molar-refractivity contribution in [2.75, 3.05) is 0 Å². The number of alkyl halides is 3. The normalized spacial score (nSPS) is 11.3. The zero-order valence-corrected chi connectivity index (χ0v) is 9.89. The van der Waals surface area contributed by atoms with Crippen molar-refractivity contribution in [1.29, 1.82) is 0 Å². The predicted molar refractivity (Wildman–Crippen MR) is 54.7 cm³/mol. The van der Waals surface area contributed by atoms with Gasteiger partial charge >= 0.3 is 6.18 Å². The average Bonchev–Trinajstić information content (AvgIpc) is 2.49. The van der Waals surface area contributed by atoms with Gasteiger partial charge in [-0.3, -0.25) is 0 Å². The SMILES string of the molecule is CC.CC(C)c1csc(C(F)(F)F)c1F. The second-order valence-electron chi connectivity index (χ2n) is 2.99. The van der Waals surface area contributed by atoms with Crippen molar-refractivity contribution in [2.45, 2.75) is 39.8 Å². The van der Waals surface area contributed by atoms with Crippen LogP contribution in [0.5, 0.6) is 0 Å². The molecule has 0 aromatic carbocycles. The summed E-state index contributed by atoms with van der Waals surface area (Å²) < 4.78 is 49.4. The summed E-state index contributed by atoms with van der Waals surface area (Å²) >= 11 is 0.411. The van der Waals surface area contributed by atoms with Crippen molar-refractivity contribution < 1.29 is 17.6 Å². The topological polar surface area (TPSA) is 0 Å². The number of hydrogen-bond acceptors (Lipinski definition) is 1. The first-order valence-corrected chi connectivity index (χ1v) is 5.56. The lowest BCUT2D eigenvalue weighted by Gasteiger charge is -2.04. The Kier molecular flexibility index (Phi) is 5.28. The van der Waals surface area contributed by atoms with Gasteiger partial charge in [0.2, 0.25) is 0 Å². The minimum absolute atomic E-state index is 0.136. The lowest BCUT2D eigenvalue weighted by atomic mass is 10.1. The Balaban J connectivity index is 0.000000921. The minimum atomic E-state index is -4.57. The van der Waals surface area contributed by atoms with E-state index in [1.54, 1.807) is 13.8 Å². The first kappa shape index (κ1) is 14.4. The first-order chi connectivity index (χ1) is 6.84. The van der Waals surface area contributed by atoms with Crippen LogP contribution in [0.2, 0.25) is 0 Å². The fraction of sp³-hybridized carbons (Fsp3) is 0.600. The van der Waals surface area contributed by atoms with Crippen LogP contribution in [0.1, 0.15) is 44.1 Å². The third-order valence-electron chi connectivity index (χ3n) is 1.64. The minimum Gasteiger partial charge on any atom is -0.205 e. The monoisotopic (exact) mass is 242 g/mol. The molecule has 1 aromatic rings. The van der Waals surface area contributed by atoms with Gasteiger partial charge < -0.3 is 0 Å². The van der Waals surface area contributed by atoms with Crippen molar-refractivity contribution in [3.63, 3.8) is 0 Å². The molecule has 1 heterocycles. The largest absolute Gasteiger partial charge is 0.428 e. The highest BCUT2D eigenvalue weighted by Crippen LogP contribution is 2.38. The van der Waals surface area contributed by atoms with Gasteiger partial charge in [-0.2, -0.15) is 13.2 Å². The number of thiophene rings is 1. The van der Waals surface area contributed by atoms with Crippen molar-refractivity contribution in [1.82, 2.24) is 0 Å². The molecule has 88 valence electrons. The molecule has 0 aliphatic rings. The molecule has 0 aliphatic heterocycles. The van der Waals surface area contributed by atoms with Crippen molar-refractivity contribution >= 4 is 11.3 Å². The predicted octanol–water partition coefficient (Wildman–Crippen LogP) is 5.06. The van der Waals surface area contributed by atoms with Crippen LogP contribution in [-0.2, 0) is 6.18 Å². The Morgan fingerprint density at radius 3 is 1.87 bits per heavy atom. The molecule has 0 bridgehead atoms. The second-order valence-corrected chi connectivity index (χ2v) is 3.87. The number of halogens is 4. The van der Waals surface area contributed by atoms with Crippen LogP contribution in [-0.4, -0.2) is 0 Å². The van der Waals surface area contributed by atoms with E-state index in [1.807, 2.05) is 13.8 Å². The summed E-state index contributed by atoms with van der Waals surface area (Å²) in [6.07, 6.45) is -4.57. The summed E-state index contributed by atoms with van der Waals surface area (Å²) in [7, 11) is 0. The molecule has 0 radical (unpaired) electrons. The van der Waals surface area contributed by atoms with Gasteiger partial charge in [0.1, 0.15) is 10.7 Å². The molecule has 0 unspecified atom stereocenters. The quantitative estimate of drug-likeness (QED) is 0.604. The molecule has 0 aliphatic carbocycles. The summed E-state index contributed by atoms with van der Waals surface area (Å²) in [4.78, 5) is -1.13. The number of hydrogen-bond donors (Lipinski definition) is 0. The molecule has 0 atom stereocenters. The molecule has 5 heteroatoms. The Morgan fingerprint density at radius 2 is 1.67 bits per heavy atom. The summed E-state index contributed by atoms with van der Waals surface area (Å²) in [6.45, 7) is 7.32. The van der Waals surface area contributed by atoms with Gasteiger partial charge in [-0.1, -0.05) is 27.7 Å². The van der Waals surface area contributed by atoms with E-state index in [9.17, 15) is 17.6 Å². The summed E-state index contributed by atoms with van der Waals surface area (Å²) in [6, 6.07) is 0. The average molecular weight is 242 g/mol. The fourth-order valence-corrected chi connectivity index (χ4v) is 1.91. The molecule has 0 fully saturated rings. The van der Waals surface area contributed by atoms with Crippen molar-refractivity contribution in [3.05, 3.63) is 21.6 Å². The molecule has 1 aromatic heterocycles. The van der Waals surface area contributed by atoms with Gasteiger partial charge in [0.05, 0.1) is 0 Å². The Hall–Kier alpha value is -0.580. The van der Waals surface area contributed by atoms with Crippen LogP contribution >= 0.6 is 11.3 Å². The molecule has 0 nitrogen and oxygen atoms in total. The molecular weight excluding hydrogens is 228 g/mol. The highest BCUT2D eigenvalue weighted by molar-refractivity contribution is 7.10. The Morgan fingerprint density at radius 1 is 1.20 bits per heavy atom. The Labute approximate surface area is 90.9 Å². The zero-order chi connectivity index (χ0) is 12.2. The van der Waals surface area contributed by atoms with E-state index in [2.05, 4.69) is 0 Å². The van der Waals surface area contributed by atoms with E-state index < -0.39 is 16.9 Å². The van der Waals surface area contributed by atoms with E-state index in [0.29, 0.717) is 11.3 Å². The summed E-state index contributed by atoms with van der Waals surface area (Å²) in [5.41, 5.74) is 0.136. The maximum atomic E-state index is 13.1. The smallest absolute Gasteiger partial charge is 0.205 e. The van der Waals surface area contributed by atoms with Gasteiger partial charge in [-0.15, -0.1) is 11.3 Å². The second kappa shape index (κ2) is 5.49. The van der Waals surface area contributed by atoms with Crippen LogP contribution in [0.25, 0.3) is 0 Å². The van der Waals surface area contributed by atoms with Crippen molar-refractivity contribution in [2.24, 2.45) is 0 Å². The van der Waals surface area contributed by atoms with Crippen molar-refractivity contribution in [3.8, 4) is 0 Å². The molecule has 0 saturated heterocycles. The number of rotatable bonds is 1. The van der Waals surface area contributed by atoms with E-state index >= 15 is 0 Å². The van der Waals surface area contributed by atoms with Gasteiger partial charge in [-0.25, -0.2) is 4.39 Å². The lowest BCUT2D eigenvalue weighted by Crippen LogP contribution is -2.05. The molecule has 15 heavy (non-hydrogen) atoms. The third-order valence-corrected chi connectivity index (χ3v) is 2.65. The van der Waals surface area contributed by atoms with E-state index in [1.165, 1.54) is 5.38 Å². The van der Waals surface area contributed by atoms with Gasteiger partial charge in [-0.05, 0) is 11.3 Å². The van der Waals surface area contributed by atoms with Gasteiger partial charge in [0.25, 0.3) is 0 Å². The molecule has 0 spiro atoms. The van der Waals surface area contributed by atoms with Crippen LogP contribution in [0, 0.1) is 5.82 Å². The molecule has 0 amide bonds. The van der Waals surface area contributed by atoms with Crippen LogP contribution in [0.4, 0.5) is 17.6 Å². The Bertz CT molecular complexity index is 299. The van der Waals surface area contributed by atoms with E-state index in [4.69, 9.17) is 0 Å². The van der Waals surface area contributed by atoms with E-state index in [-0.39, 0.29) is 11.5 Å². The standard InChI is InChI=1S/C8H8F4S.C2H6/c1-4(2)5-3-13-7(6(5)9)8(10,11)12;1-2/h3-4H,1-2H3;1-2H3. The van der Waals surface area contributed by atoms with Gasteiger partial charge in [0, 0.05) is 5.56 Å². The third kappa shape index (κ3) is 3.48. The summed E-state index contributed by atoms with van der Waals surface area (Å²) in [5, 5.41) is 1.23. The maximum Gasteiger partial charge on any atom is 0.428 e. The lowest BCUT2D eigenvalue weighted by molar-refractivity contribution is -0.136. The van der Waals surface area contributed by atoms with Crippen LogP contribution < -0.4 is 0 Å². The molecular formula is C10H14F4S.